The summed E-state index contributed by atoms with van der Waals surface area (Å²) in [5.74, 6) is 0.690. The Labute approximate surface area is 137 Å². The van der Waals surface area contributed by atoms with E-state index in [2.05, 4.69) is 31.9 Å². The second-order valence-corrected chi connectivity index (χ2v) is 5.94. The van der Waals surface area contributed by atoms with Gasteiger partial charge in [0.05, 0.1) is 26.8 Å². The Morgan fingerprint density at radius 1 is 1.05 bits per heavy atom. The van der Waals surface area contributed by atoms with Gasteiger partial charge in [-0.25, -0.2) is 4.39 Å². The number of nitrogen functional groups attached to an aromatic ring is 1. The fraction of sp³-hybridized carbons (Fsp3) is 0.0769. The lowest BCUT2D eigenvalue weighted by molar-refractivity contribution is 0.409. The van der Waals surface area contributed by atoms with Crippen molar-refractivity contribution in [1.29, 1.82) is 0 Å². The molecule has 0 atom stereocenters. The molecule has 106 valence electrons. The predicted molar refractivity (Wildman–Crippen MR) is 84.3 cm³/mol. The summed E-state index contributed by atoms with van der Waals surface area (Å²) in [6.07, 6.45) is 0. The number of hydrogen-bond donors (Lipinski definition) is 1. The first-order chi connectivity index (χ1) is 9.42. The molecule has 0 saturated carbocycles. The normalized spacial score (nSPS) is 10.4. The maximum atomic E-state index is 13.5. The molecule has 20 heavy (non-hydrogen) atoms. The van der Waals surface area contributed by atoms with Crippen LogP contribution in [0.15, 0.2) is 33.2 Å². The Hall–Kier alpha value is -0.980. The lowest BCUT2D eigenvalue weighted by Crippen LogP contribution is -1.95. The average Bonchev–Trinajstić information content (AvgIpc) is 2.39. The lowest BCUT2D eigenvalue weighted by atomic mass is 10.3. The summed E-state index contributed by atoms with van der Waals surface area (Å²) in [5.41, 5.74) is 6.00. The van der Waals surface area contributed by atoms with E-state index in [1.807, 2.05) is 0 Å². The van der Waals surface area contributed by atoms with Crippen molar-refractivity contribution in [3.05, 3.63) is 44.1 Å². The first-order valence-electron chi connectivity index (χ1n) is 5.37. The molecular weight excluding hydrogens is 416 g/mol. The van der Waals surface area contributed by atoms with E-state index in [-0.39, 0.29) is 16.5 Å². The van der Waals surface area contributed by atoms with E-state index in [1.54, 1.807) is 19.2 Å². The smallest absolute Gasteiger partial charge is 0.153 e. The Bertz CT molecular complexity index is 667. The van der Waals surface area contributed by atoms with Crippen molar-refractivity contribution < 1.29 is 13.9 Å². The highest BCUT2D eigenvalue weighted by Gasteiger charge is 2.13. The van der Waals surface area contributed by atoms with E-state index >= 15 is 0 Å². The molecule has 0 amide bonds. The lowest BCUT2D eigenvalue weighted by Gasteiger charge is -2.13. The number of methoxy groups -OCH3 is 1. The zero-order valence-corrected chi connectivity index (χ0v) is 14.1. The fourth-order valence-corrected chi connectivity index (χ4v) is 2.56. The van der Waals surface area contributed by atoms with Crippen LogP contribution in [0.1, 0.15) is 0 Å². The van der Waals surface area contributed by atoms with Gasteiger partial charge >= 0.3 is 0 Å². The van der Waals surface area contributed by atoms with Gasteiger partial charge in [-0.15, -0.1) is 0 Å². The number of rotatable bonds is 3. The highest BCUT2D eigenvalue weighted by Crippen LogP contribution is 2.40. The highest BCUT2D eigenvalue weighted by molar-refractivity contribution is 9.11. The summed E-state index contributed by atoms with van der Waals surface area (Å²) in [7, 11) is 1.56. The van der Waals surface area contributed by atoms with Crippen molar-refractivity contribution in [1.82, 2.24) is 0 Å². The van der Waals surface area contributed by atoms with Crippen LogP contribution in [0, 0.1) is 5.82 Å². The number of hydrogen-bond acceptors (Lipinski definition) is 3. The maximum Gasteiger partial charge on any atom is 0.153 e. The third-order valence-corrected chi connectivity index (χ3v) is 4.01. The minimum Gasteiger partial charge on any atom is -0.496 e. The summed E-state index contributed by atoms with van der Waals surface area (Å²) in [6.45, 7) is 0. The molecule has 0 aliphatic rings. The maximum absolute atomic E-state index is 13.5. The van der Waals surface area contributed by atoms with Crippen LogP contribution in [0.2, 0.25) is 5.02 Å². The zero-order valence-electron chi connectivity index (χ0n) is 10.2. The number of anilines is 1. The summed E-state index contributed by atoms with van der Waals surface area (Å²) in [5, 5.41) is -0.0511. The predicted octanol–water partition coefficient (Wildman–Crippen LogP) is 5.39. The molecule has 0 saturated heterocycles. The standard InChI is InChI=1S/C13H9Br2ClFNO2/c1-19-11-2-7(15)12(3-6(11)14)20-13-5-9(17)8(16)4-10(13)18/h2-5H,18H2,1H3. The summed E-state index contributed by atoms with van der Waals surface area (Å²) in [4.78, 5) is 0. The zero-order chi connectivity index (χ0) is 14.9. The minimum absolute atomic E-state index is 0.0511. The van der Waals surface area contributed by atoms with Crippen LogP contribution in [0.4, 0.5) is 10.1 Å². The summed E-state index contributed by atoms with van der Waals surface area (Å²) >= 11 is 12.3. The molecule has 0 bridgehead atoms. The van der Waals surface area contributed by atoms with Crippen LogP contribution in [-0.4, -0.2) is 7.11 Å². The Morgan fingerprint density at radius 2 is 1.65 bits per heavy atom. The number of nitrogens with two attached hydrogens (primary N) is 1. The summed E-state index contributed by atoms with van der Waals surface area (Å²) < 4.78 is 25.6. The molecule has 0 radical (unpaired) electrons. The molecule has 3 nitrogen and oxygen atoms in total. The van der Waals surface area contributed by atoms with E-state index in [0.29, 0.717) is 20.4 Å². The molecule has 0 aliphatic carbocycles. The minimum atomic E-state index is -0.598. The van der Waals surface area contributed by atoms with Gasteiger partial charge < -0.3 is 15.2 Å². The third kappa shape index (κ3) is 3.19. The quantitative estimate of drug-likeness (QED) is 0.671. The topological polar surface area (TPSA) is 44.5 Å². The Balaban J connectivity index is 2.40. The van der Waals surface area contributed by atoms with Crippen LogP contribution in [0.3, 0.4) is 0 Å². The fourth-order valence-electron chi connectivity index (χ4n) is 1.50. The van der Waals surface area contributed by atoms with Crippen LogP contribution >= 0.6 is 43.5 Å². The Morgan fingerprint density at radius 3 is 2.30 bits per heavy atom. The van der Waals surface area contributed by atoms with Gasteiger partial charge in [0.15, 0.2) is 5.75 Å². The molecule has 2 aromatic rings. The molecule has 0 heterocycles. The molecule has 0 unspecified atom stereocenters. The van der Waals surface area contributed by atoms with Crippen LogP contribution in [0.5, 0.6) is 17.2 Å². The van der Waals surface area contributed by atoms with Gasteiger partial charge in [0, 0.05) is 6.07 Å². The first kappa shape index (κ1) is 15.4. The first-order valence-corrected chi connectivity index (χ1v) is 7.34. The third-order valence-electron chi connectivity index (χ3n) is 2.48. The second-order valence-electron chi connectivity index (χ2n) is 3.82. The molecule has 7 heteroatoms. The number of benzene rings is 2. The van der Waals surface area contributed by atoms with Gasteiger partial charge in [-0.1, -0.05) is 11.6 Å². The van der Waals surface area contributed by atoms with Crippen molar-refractivity contribution in [3.63, 3.8) is 0 Å². The van der Waals surface area contributed by atoms with Crippen LogP contribution < -0.4 is 15.2 Å². The molecule has 2 N–H and O–H groups in total. The van der Waals surface area contributed by atoms with Gasteiger partial charge in [-0.2, -0.15) is 0 Å². The van der Waals surface area contributed by atoms with E-state index in [1.165, 1.54) is 6.07 Å². The van der Waals surface area contributed by atoms with E-state index < -0.39 is 5.82 Å². The van der Waals surface area contributed by atoms with Crippen molar-refractivity contribution in [3.8, 4) is 17.2 Å². The van der Waals surface area contributed by atoms with Gasteiger partial charge in [0.1, 0.15) is 17.3 Å². The second kappa shape index (κ2) is 6.20. The van der Waals surface area contributed by atoms with Gasteiger partial charge in [0.25, 0.3) is 0 Å². The molecule has 0 fully saturated rings. The van der Waals surface area contributed by atoms with Crippen molar-refractivity contribution >= 4 is 49.1 Å². The SMILES string of the molecule is COc1cc(Br)c(Oc2cc(F)c(Cl)cc2N)cc1Br. The van der Waals surface area contributed by atoms with Crippen molar-refractivity contribution in [2.24, 2.45) is 0 Å². The van der Waals surface area contributed by atoms with Gasteiger partial charge in [-0.3, -0.25) is 0 Å². The molecule has 2 rings (SSSR count). The summed E-state index contributed by atoms with van der Waals surface area (Å²) in [6, 6.07) is 5.86. The van der Waals surface area contributed by atoms with Crippen LogP contribution in [0.25, 0.3) is 0 Å². The van der Waals surface area contributed by atoms with E-state index in [9.17, 15) is 4.39 Å². The number of halogens is 4. The molecule has 0 spiro atoms. The van der Waals surface area contributed by atoms with Crippen molar-refractivity contribution in [2.45, 2.75) is 0 Å². The van der Waals surface area contributed by atoms with Crippen LogP contribution in [-0.2, 0) is 0 Å². The number of ether oxygens (including phenoxy) is 2. The largest absolute Gasteiger partial charge is 0.496 e. The van der Waals surface area contributed by atoms with E-state index in [0.717, 1.165) is 6.07 Å². The molecule has 2 aromatic carbocycles. The Kier molecular flexibility index (Phi) is 4.78. The highest BCUT2D eigenvalue weighted by atomic mass is 79.9. The molecular formula is C13H9Br2ClFNO2. The molecule has 0 aliphatic heterocycles. The van der Waals surface area contributed by atoms with Gasteiger partial charge in [-0.05, 0) is 50.1 Å². The average molecular weight is 425 g/mol. The van der Waals surface area contributed by atoms with E-state index in [4.69, 9.17) is 26.8 Å². The molecule has 0 aromatic heterocycles. The van der Waals surface area contributed by atoms with Gasteiger partial charge in [0.2, 0.25) is 0 Å². The monoisotopic (exact) mass is 423 g/mol. The van der Waals surface area contributed by atoms with Crippen molar-refractivity contribution in [2.75, 3.05) is 12.8 Å².